The first-order chi connectivity index (χ1) is 19.0. The van der Waals surface area contributed by atoms with Crippen LogP contribution in [-0.2, 0) is 6.61 Å². The van der Waals surface area contributed by atoms with Crippen molar-refractivity contribution in [2.24, 2.45) is 4.99 Å². The molecule has 194 valence electrons. The lowest BCUT2D eigenvalue weighted by Crippen LogP contribution is -2.00. The van der Waals surface area contributed by atoms with E-state index < -0.39 is 4.92 Å². The normalized spacial score (nSPS) is 11.0. The van der Waals surface area contributed by atoms with Crippen molar-refractivity contribution >= 4 is 33.7 Å². The smallest absolute Gasteiger partial charge is 0.269 e. The van der Waals surface area contributed by atoms with Gasteiger partial charge in [0.25, 0.3) is 5.69 Å². The van der Waals surface area contributed by atoms with Crippen molar-refractivity contribution in [2.45, 2.75) is 6.61 Å². The van der Waals surface area contributed by atoms with Gasteiger partial charge >= 0.3 is 0 Å². The number of nitro groups is 1. The molecular weight excluding hydrogens is 570 g/mol. The van der Waals surface area contributed by atoms with E-state index >= 15 is 0 Å². The monoisotopic (exact) mass is 587 g/mol. The molecule has 11 heteroatoms. The zero-order chi connectivity index (χ0) is 27.4. The molecule has 0 unspecified atom stereocenters. The Morgan fingerprint density at radius 3 is 2.44 bits per heavy atom. The number of hydrogen-bond donors (Lipinski definition) is 0. The van der Waals surface area contributed by atoms with Crippen molar-refractivity contribution in [3.05, 3.63) is 104 Å². The summed E-state index contributed by atoms with van der Waals surface area (Å²) in [5.41, 5.74) is 2.03. The molecule has 3 aromatic heterocycles. The number of nitro benzene ring substituents is 1. The van der Waals surface area contributed by atoms with Gasteiger partial charge in [0.05, 0.1) is 34.6 Å². The van der Waals surface area contributed by atoms with Gasteiger partial charge < -0.3 is 22.7 Å². The Kier molecular flexibility index (Phi) is 7.29. The zero-order valence-corrected chi connectivity index (χ0v) is 21.9. The molecule has 0 amide bonds. The summed E-state index contributed by atoms with van der Waals surface area (Å²) < 4.78 is 29.0. The molecule has 0 saturated heterocycles. The molecule has 0 radical (unpaired) electrons. The first-order valence-electron chi connectivity index (χ1n) is 11.4. The van der Waals surface area contributed by atoms with Crippen LogP contribution in [-0.4, -0.2) is 18.2 Å². The van der Waals surface area contributed by atoms with Crippen LogP contribution < -0.4 is 9.47 Å². The van der Waals surface area contributed by atoms with Gasteiger partial charge in [0, 0.05) is 18.3 Å². The van der Waals surface area contributed by atoms with Crippen LogP contribution >= 0.6 is 15.9 Å². The maximum absolute atomic E-state index is 10.9. The summed E-state index contributed by atoms with van der Waals surface area (Å²) in [5, 5.41) is 20.8. The van der Waals surface area contributed by atoms with Crippen LogP contribution in [0.25, 0.3) is 22.8 Å². The summed E-state index contributed by atoms with van der Waals surface area (Å²) in [4.78, 5) is 14.9. The number of rotatable bonds is 9. The second-order valence-corrected chi connectivity index (χ2v) is 8.91. The summed E-state index contributed by atoms with van der Waals surface area (Å²) in [5.74, 6) is 2.17. The van der Waals surface area contributed by atoms with E-state index in [4.69, 9.17) is 22.7 Å². The van der Waals surface area contributed by atoms with Crippen LogP contribution in [0, 0.1) is 21.4 Å². The molecule has 0 saturated carbocycles. The Balaban J connectivity index is 1.43. The number of furan rings is 3. The first kappa shape index (κ1) is 25.6. The van der Waals surface area contributed by atoms with Crippen molar-refractivity contribution in [3.8, 4) is 40.4 Å². The van der Waals surface area contributed by atoms with Gasteiger partial charge in [0.1, 0.15) is 24.0 Å². The lowest BCUT2D eigenvalue weighted by molar-refractivity contribution is -0.384. The number of nitriles is 1. The number of halogens is 1. The summed E-state index contributed by atoms with van der Waals surface area (Å²) >= 11 is 3.51. The Morgan fingerprint density at radius 1 is 1.10 bits per heavy atom. The van der Waals surface area contributed by atoms with Crippen LogP contribution in [0.15, 0.2) is 95.9 Å². The highest BCUT2D eigenvalue weighted by Crippen LogP contribution is 2.43. The van der Waals surface area contributed by atoms with E-state index in [1.165, 1.54) is 38.0 Å². The molecule has 2 aromatic carbocycles. The quantitative estimate of drug-likeness (QED) is 0.0971. The fraction of sp³-hybridized carbons (Fsp3) is 0.0714. The van der Waals surface area contributed by atoms with E-state index in [1.807, 2.05) is 0 Å². The van der Waals surface area contributed by atoms with Gasteiger partial charge in [-0.2, -0.15) is 5.26 Å². The molecule has 10 nitrogen and oxygen atoms in total. The van der Waals surface area contributed by atoms with Crippen molar-refractivity contribution in [3.63, 3.8) is 0 Å². The molecule has 5 rings (SSSR count). The Labute approximate surface area is 230 Å². The van der Waals surface area contributed by atoms with E-state index in [0.29, 0.717) is 44.4 Å². The molecule has 0 N–H and O–H groups in total. The molecule has 0 aliphatic heterocycles. The summed E-state index contributed by atoms with van der Waals surface area (Å²) in [7, 11) is 1.51. The largest absolute Gasteiger partial charge is 0.493 e. The summed E-state index contributed by atoms with van der Waals surface area (Å²) in [6, 6.07) is 18.6. The van der Waals surface area contributed by atoms with Crippen LogP contribution in [0.2, 0.25) is 0 Å². The minimum Gasteiger partial charge on any atom is -0.493 e. The van der Waals surface area contributed by atoms with Gasteiger partial charge in [-0.05, 0) is 75.6 Å². The van der Waals surface area contributed by atoms with Gasteiger partial charge in [-0.15, -0.1) is 0 Å². The minimum absolute atomic E-state index is 0.00447. The second-order valence-electron chi connectivity index (χ2n) is 8.06. The fourth-order valence-corrected chi connectivity index (χ4v) is 4.38. The fourth-order valence-electron chi connectivity index (χ4n) is 3.81. The predicted octanol–water partition coefficient (Wildman–Crippen LogP) is 7.68. The maximum Gasteiger partial charge on any atom is 0.269 e. The lowest BCUT2D eigenvalue weighted by atomic mass is 10.1. The van der Waals surface area contributed by atoms with Crippen molar-refractivity contribution < 1.29 is 27.6 Å². The number of methoxy groups -OCH3 is 1. The topological polar surface area (TPSA) is 137 Å². The molecule has 0 atom stereocenters. The van der Waals surface area contributed by atoms with Gasteiger partial charge in [0.15, 0.2) is 23.0 Å². The second kappa shape index (κ2) is 11.1. The first-order valence-corrected chi connectivity index (χ1v) is 12.2. The average molecular weight is 588 g/mol. The van der Waals surface area contributed by atoms with Gasteiger partial charge in [0.2, 0.25) is 5.88 Å². The maximum atomic E-state index is 10.9. The summed E-state index contributed by atoms with van der Waals surface area (Å²) in [6.45, 7) is 0.170. The van der Waals surface area contributed by atoms with E-state index in [9.17, 15) is 15.4 Å². The van der Waals surface area contributed by atoms with E-state index in [0.717, 1.165) is 5.56 Å². The van der Waals surface area contributed by atoms with Crippen LogP contribution in [0.3, 0.4) is 0 Å². The molecule has 0 spiro atoms. The molecular formula is C28H18BrN3O7. The molecule has 3 heterocycles. The zero-order valence-electron chi connectivity index (χ0n) is 20.3. The van der Waals surface area contributed by atoms with E-state index in [1.54, 1.807) is 48.5 Å². The van der Waals surface area contributed by atoms with E-state index in [2.05, 4.69) is 27.0 Å². The van der Waals surface area contributed by atoms with Crippen LogP contribution in [0.4, 0.5) is 11.6 Å². The SMILES string of the molecule is COc1cc(C=Nc2oc(-c3ccco3)c(-c3ccco3)c2C#N)cc(Br)c1OCc1ccc([N+](=O)[O-])cc1. The Hall–Kier alpha value is -5.08. The third kappa shape index (κ3) is 5.32. The van der Waals surface area contributed by atoms with Crippen LogP contribution in [0.5, 0.6) is 11.5 Å². The van der Waals surface area contributed by atoms with Crippen LogP contribution in [0.1, 0.15) is 16.7 Å². The molecule has 0 aliphatic carbocycles. The Morgan fingerprint density at radius 2 is 1.82 bits per heavy atom. The number of nitrogens with zero attached hydrogens (tertiary/aromatic N) is 3. The summed E-state index contributed by atoms with van der Waals surface area (Å²) in [6.07, 6.45) is 4.55. The highest BCUT2D eigenvalue weighted by Gasteiger charge is 2.26. The highest BCUT2D eigenvalue weighted by atomic mass is 79.9. The number of aliphatic imine (C=N–C) groups is 1. The lowest BCUT2D eigenvalue weighted by Gasteiger charge is -2.13. The standard InChI is InChI=1S/C28H18BrN3O7/c1-35-24-13-18(12-21(29)26(24)38-16-17-6-8-19(9-7-17)32(33)34)15-31-28-20(14-30)25(22-4-2-10-36-22)27(39-28)23-5-3-11-37-23/h2-13,15H,16H2,1H3. The van der Waals surface area contributed by atoms with Crippen molar-refractivity contribution in [1.82, 2.24) is 0 Å². The van der Waals surface area contributed by atoms with Gasteiger partial charge in [-0.3, -0.25) is 10.1 Å². The van der Waals surface area contributed by atoms with Crippen molar-refractivity contribution in [2.75, 3.05) is 7.11 Å². The van der Waals surface area contributed by atoms with E-state index in [-0.39, 0.29) is 23.7 Å². The minimum atomic E-state index is -0.456. The number of ether oxygens (including phenoxy) is 2. The number of benzene rings is 2. The molecule has 0 aliphatic rings. The number of hydrogen-bond acceptors (Lipinski definition) is 9. The molecule has 0 bridgehead atoms. The third-order valence-corrected chi connectivity index (χ3v) is 6.22. The van der Waals surface area contributed by atoms with Gasteiger partial charge in [-0.25, -0.2) is 4.99 Å². The third-order valence-electron chi connectivity index (χ3n) is 5.63. The molecule has 39 heavy (non-hydrogen) atoms. The highest BCUT2D eigenvalue weighted by molar-refractivity contribution is 9.10. The molecule has 5 aromatic rings. The Bertz CT molecular complexity index is 1680. The predicted molar refractivity (Wildman–Crippen MR) is 144 cm³/mol. The van der Waals surface area contributed by atoms with Gasteiger partial charge in [-0.1, -0.05) is 0 Å². The number of non-ortho nitro benzene ring substituents is 1. The molecule has 0 fully saturated rings. The average Bonchev–Trinajstić information content (AvgIpc) is 3.72. The van der Waals surface area contributed by atoms with Crippen molar-refractivity contribution in [1.29, 1.82) is 5.26 Å².